The van der Waals surface area contributed by atoms with Crippen LogP contribution < -0.4 is 24.3 Å². The molecule has 0 amide bonds. The fourth-order valence-corrected chi connectivity index (χ4v) is 3.47. The molecule has 0 saturated heterocycles. The molecule has 8 nitrogen and oxygen atoms in total. The van der Waals surface area contributed by atoms with Gasteiger partial charge in [0, 0.05) is 19.3 Å². The van der Waals surface area contributed by atoms with Crippen LogP contribution in [-0.4, -0.2) is 51.6 Å². The number of ether oxygens (including phenoxy) is 5. The van der Waals surface area contributed by atoms with E-state index in [1.807, 2.05) is 43.3 Å². The van der Waals surface area contributed by atoms with Gasteiger partial charge in [-0.3, -0.25) is 0 Å². The summed E-state index contributed by atoms with van der Waals surface area (Å²) in [6.45, 7) is 3.00. The lowest BCUT2D eigenvalue weighted by Gasteiger charge is -2.23. The third kappa shape index (κ3) is 5.20. The van der Waals surface area contributed by atoms with Crippen molar-refractivity contribution in [2.24, 2.45) is 0 Å². The number of anilines is 1. The van der Waals surface area contributed by atoms with Crippen molar-refractivity contribution in [2.45, 2.75) is 13.0 Å². The van der Waals surface area contributed by atoms with Gasteiger partial charge >= 0.3 is 0 Å². The molecule has 1 aromatic heterocycles. The second kappa shape index (κ2) is 11.2. The van der Waals surface area contributed by atoms with Crippen LogP contribution in [0.25, 0.3) is 11.1 Å². The van der Waals surface area contributed by atoms with E-state index in [4.69, 9.17) is 23.7 Å². The summed E-state index contributed by atoms with van der Waals surface area (Å²) < 4.78 is 28.2. The molecule has 3 aromatic rings. The number of nitrogens with zero attached hydrogens (tertiary/aromatic N) is 2. The predicted octanol–water partition coefficient (Wildman–Crippen LogP) is 4.37. The summed E-state index contributed by atoms with van der Waals surface area (Å²) in [5, 5.41) is 3.32. The highest BCUT2D eigenvalue weighted by Crippen LogP contribution is 2.41. The summed E-state index contributed by atoms with van der Waals surface area (Å²) in [6.07, 6.45) is 2.91. The van der Waals surface area contributed by atoms with Gasteiger partial charge in [-0.25, -0.2) is 9.97 Å². The average molecular weight is 440 g/mol. The van der Waals surface area contributed by atoms with Gasteiger partial charge in [0.15, 0.2) is 23.0 Å². The van der Waals surface area contributed by atoms with Gasteiger partial charge in [0.05, 0.1) is 28.4 Å². The Morgan fingerprint density at radius 2 is 1.53 bits per heavy atom. The molecular formula is C24H29N3O5. The first-order chi connectivity index (χ1) is 15.6. The van der Waals surface area contributed by atoms with Crippen LogP contribution in [0.15, 0.2) is 48.9 Å². The van der Waals surface area contributed by atoms with E-state index in [9.17, 15) is 0 Å². The summed E-state index contributed by atoms with van der Waals surface area (Å²) >= 11 is 0. The van der Waals surface area contributed by atoms with Gasteiger partial charge in [-0.15, -0.1) is 0 Å². The zero-order valence-corrected chi connectivity index (χ0v) is 19.0. The van der Waals surface area contributed by atoms with Gasteiger partial charge in [0.25, 0.3) is 0 Å². The van der Waals surface area contributed by atoms with Crippen molar-refractivity contribution in [3.8, 4) is 34.1 Å². The molecule has 0 spiro atoms. The van der Waals surface area contributed by atoms with Gasteiger partial charge < -0.3 is 29.0 Å². The first-order valence-electron chi connectivity index (χ1n) is 10.2. The van der Waals surface area contributed by atoms with E-state index in [1.165, 1.54) is 6.33 Å². The Balaban J connectivity index is 2.09. The van der Waals surface area contributed by atoms with Crippen molar-refractivity contribution in [3.05, 3.63) is 54.5 Å². The predicted molar refractivity (Wildman–Crippen MR) is 123 cm³/mol. The number of rotatable bonds is 11. The van der Waals surface area contributed by atoms with Gasteiger partial charge in [-0.1, -0.05) is 6.07 Å². The Morgan fingerprint density at radius 1 is 0.844 bits per heavy atom. The van der Waals surface area contributed by atoms with E-state index >= 15 is 0 Å². The highest BCUT2D eigenvalue weighted by Gasteiger charge is 2.22. The molecule has 0 radical (unpaired) electrons. The lowest BCUT2D eigenvalue weighted by molar-refractivity contribution is 0.0720. The lowest BCUT2D eigenvalue weighted by atomic mass is 9.94. The SMILES string of the molecule is CCOC(CNc1ccncn1)c1cc(OC)c(OC)cc1-c1ccc(OC)c(OC)c1. The molecule has 1 unspecified atom stereocenters. The maximum atomic E-state index is 6.13. The Kier molecular flexibility index (Phi) is 8.10. The first kappa shape index (κ1) is 23.1. The summed E-state index contributed by atoms with van der Waals surface area (Å²) in [6, 6.07) is 11.5. The minimum Gasteiger partial charge on any atom is -0.493 e. The average Bonchev–Trinajstić information content (AvgIpc) is 2.85. The molecular weight excluding hydrogens is 410 g/mol. The third-order valence-electron chi connectivity index (χ3n) is 5.02. The molecule has 0 bridgehead atoms. The number of methoxy groups -OCH3 is 4. The van der Waals surface area contributed by atoms with Crippen molar-refractivity contribution in [1.29, 1.82) is 0 Å². The number of nitrogens with one attached hydrogen (secondary N) is 1. The Labute approximate surface area is 188 Å². The molecule has 0 saturated carbocycles. The quantitative estimate of drug-likeness (QED) is 0.472. The van der Waals surface area contributed by atoms with Crippen molar-refractivity contribution in [3.63, 3.8) is 0 Å². The Bertz CT molecular complexity index is 1010. The van der Waals surface area contributed by atoms with Gasteiger partial charge in [0.2, 0.25) is 0 Å². The second-order valence-corrected chi connectivity index (χ2v) is 6.78. The molecule has 8 heteroatoms. The zero-order valence-electron chi connectivity index (χ0n) is 19.0. The topological polar surface area (TPSA) is 84.0 Å². The van der Waals surface area contributed by atoms with Crippen LogP contribution in [0.4, 0.5) is 5.82 Å². The fraction of sp³-hybridized carbons (Fsp3) is 0.333. The fourth-order valence-electron chi connectivity index (χ4n) is 3.47. The van der Waals surface area contributed by atoms with Crippen LogP contribution in [-0.2, 0) is 4.74 Å². The monoisotopic (exact) mass is 439 g/mol. The molecule has 1 atom stereocenters. The highest BCUT2D eigenvalue weighted by molar-refractivity contribution is 5.74. The van der Waals surface area contributed by atoms with Crippen LogP contribution in [0.3, 0.4) is 0 Å². The Hall–Kier alpha value is -3.52. The standard InChI is InChI=1S/C24H29N3O5/c1-6-32-23(14-26-24-9-10-25-15-27-24)18-13-22(31-5)21(30-4)12-17(18)16-7-8-19(28-2)20(11-16)29-3/h7-13,15,23H,6,14H2,1-5H3,(H,25,26,27). The Morgan fingerprint density at radius 3 is 2.16 bits per heavy atom. The van der Waals surface area contributed by atoms with Crippen molar-refractivity contribution in [1.82, 2.24) is 9.97 Å². The molecule has 0 aliphatic rings. The molecule has 1 heterocycles. The van der Waals surface area contributed by atoms with Crippen molar-refractivity contribution < 1.29 is 23.7 Å². The van der Waals surface area contributed by atoms with E-state index in [1.54, 1.807) is 34.6 Å². The minimum absolute atomic E-state index is 0.280. The van der Waals surface area contributed by atoms with E-state index in [2.05, 4.69) is 15.3 Å². The minimum atomic E-state index is -0.280. The van der Waals surface area contributed by atoms with E-state index in [-0.39, 0.29) is 6.10 Å². The van der Waals surface area contributed by atoms with Gasteiger partial charge in [-0.2, -0.15) is 0 Å². The molecule has 32 heavy (non-hydrogen) atoms. The number of hydrogen-bond acceptors (Lipinski definition) is 8. The van der Waals surface area contributed by atoms with Crippen LogP contribution in [0, 0.1) is 0 Å². The first-order valence-corrected chi connectivity index (χ1v) is 10.2. The lowest BCUT2D eigenvalue weighted by Crippen LogP contribution is -2.17. The van der Waals surface area contributed by atoms with Crippen LogP contribution in [0.5, 0.6) is 23.0 Å². The number of benzene rings is 2. The third-order valence-corrected chi connectivity index (χ3v) is 5.02. The highest BCUT2D eigenvalue weighted by atomic mass is 16.5. The maximum Gasteiger partial charge on any atom is 0.161 e. The molecule has 170 valence electrons. The molecule has 0 aliphatic carbocycles. The van der Waals surface area contributed by atoms with Crippen LogP contribution in [0.1, 0.15) is 18.6 Å². The number of aromatic nitrogens is 2. The maximum absolute atomic E-state index is 6.13. The largest absolute Gasteiger partial charge is 0.493 e. The molecule has 3 rings (SSSR count). The summed E-state index contributed by atoms with van der Waals surface area (Å²) in [7, 11) is 6.47. The number of hydrogen-bond donors (Lipinski definition) is 1. The smallest absolute Gasteiger partial charge is 0.161 e. The molecule has 0 aliphatic heterocycles. The normalized spacial score (nSPS) is 11.5. The van der Waals surface area contributed by atoms with Gasteiger partial charge in [-0.05, 0) is 53.9 Å². The van der Waals surface area contributed by atoms with Gasteiger partial charge in [0.1, 0.15) is 18.2 Å². The van der Waals surface area contributed by atoms with Crippen molar-refractivity contribution >= 4 is 5.82 Å². The van der Waals surface area contributed by atoms with Crippen LogP contribution in [0.2, 0.25) is 0 Å². The molecule has 1 N–H and O–H groups in total. The summed E-state index contributed by atoms with van der Waals surface area (Å²) in [4.78, 5) is 8.19. The van der Waals surface area contributed by atoms with E-state index < -0.39 is 0 Å². The van der Waals surface area contributed by atoms with Crippen molar-refractivity contribution in [2.75, 3.05) is 46.9 Å². The summed E-state index contributed by atoms with van der Waals surface area (Å²) in [5.41, 5.74) is 2.81. The summed E-state index contributed by atoms with van der Waals surface area (Å²) in [5.74, 6) is 3.26. The molecule has 2 aromatic carbocycles. The zero-order chi connectivity index (χ0) is 22.9. The molecule has 0 fully saturated rings. The van der Waals surface area contributed by atoms with Crippen LogP contribution >= 0.6 is 0 Å². The second-order valence-electron chi connectivity index (χ2n) is 6.78. The van der Waals surface area contributed by atoms with E-state index in [0.717, 1.165) is 22.5 Å². The van der Waals surface area contributed by atoms with E-state index in [0.29, 0.717) is 36.1 Å².